The van der Waals surface area contributed by atoms with Gasteiger partial charge in [-0.2, -0.15) is 0 Å². The lowest BCUT2D eigenvalue weighted by Gasteiger charge is -2.11. The minimum atomic E-state index is -0.591. The molecule has 0 saturated heterocycles. The van der Waals surface area contributed by atoms with E-state index >= 15 is 0 Å². The smallest absolute Gasteiger partial charge is 0.271 e. The fourth-order valence-corrected chi connectivity index (χ4v) is 2.40. The molecule has 0 saturated carbocycles. The lowest BCUT2D eigenvalue weighted by molar-refractivity contribution is -0.384. The maximum absolute atomic E-state index is 12.6. The highest BCUT2D eigenvalue weighted by Gasteiger charge is 2.19. The van der Waals surface area contributed by atoms with E-state index < -0.39 is 16.7 Å². The van der Waals surface area contributed by atoms with Crippen molar-refractivity contribution in [2.75, 3.05) is 10.6 Å². The van der Waals surface area contributed by atoms with Gasteiger partial charge in [-0.25, -0.2) is 4.98 Å². The second kappa shape index (κ2) is 7.87. The first-order chi connectivity index (χ1) is 13.0. The van der Waals surface area contributed by atoms with Crippen molar-refractivity contribution >= 4 is 28.9 Å². The highest BCUT2D eigenvalue weighted by atomic mass is 16.6. The Morgan fingerprint density at radius 3 is 2.37 bits per heavy atom. The largest absolute Gasteiger partial charge is 0.321 e. The van der Waals surface area contributed by atoms with E-state index in [1.807, 2.05) is 0 Å². The Morgan fingerprint density at radius 2 is 1.70 bits per heavy atom. The molecule has 0 unspecified atom stereocenters. The molecule has 1 aromatic heterocycles. The summed E-state index contributed by atoms with van der Waals surface area (Å²) >= 11 is 0. The molecule has 0 atom stereocenters. The third-order valence-corrected chi connectivity index (χ3v) is 3.71. The fraction of sp³-hybridized carbons (Fsp3) is 0. The van der Waals surface area contributed by atoms with Gasteiger partial charge in [0, 0.05) is 23.8 Å². The standard InChI is InChI=1S/C19H14N4O4/c24-18(13-5-2-1-3-6-13)22-17-11-15(23(26)27)8-9-16(17)19(25)21-14-7-4-10-20-12-14/h1-12H,(H,21,25)(H,22,24)/p+1. The van der Waals surface area contributed by atoms with E-state index in [4.69, 9.17) is 0 Å². The van der Waals surface area contributed by atoms with Gasteiger partial charge in [-0.15, -0.1) is 0 Å². The monoisotopic (exact) mass is 363 g/mol. The summed E-state index contributed by atoms with van der Waals surface area (Å²) < 4.78 is 0. The van der Waals surface area contributed by atoms with Crippen molar-refractivity contribution < 1.29 is 19.5 Å². The van der Waals surface area contributed by atoms with Crippen LogP contribution in [0.3, 0.4) is 0 Å². The van der Waals surface area contributed by atoms with Crippen molar-refractivity contribution in [1.82, 2.24) is 0 Å². The van der Waals surface area contributed by atoms with Gasteiger partial charge in [-0.1, -0.05) is 18.2 Å². The SMILES string of the molecule is O=C(Nc1cc([N+](=O)[O-])ccc1C(=O)Nc1ccc[nH+]c1)c1ccccc1. The first kappa shape index (κ1) is 17.7. The first-order valence-corrected chi connectivity index (χ1v) is 7.97. The van der Waals surface area contributed by atoms with Crippen LogP contribution in [0.1, 0.15) is 20.7 Å². The summed E-state index contributed by atoms with van der Waals surface area (Å²) in [7, 11) is 0. The van der Waals surface area contributed by atoms with Gasteiger partial charge in [0.2, 0.25) is 0 Å². The normalized spacial score (nSPS) is 10.1. The summed E-state index contributed by atoms with van der Waals surface area (Å²) in [4.78, 5) is 38.3. The van der Waals surface area contributed by atoms with Gasteiger partial charge in [0.15, 0.2) is 12.4 Å². The van der Waals surface area contributed by atoms with Crippen LogP contribution in [0.4, 0.5) is 17.1 Å². The molecule has 0 radical (unpaired) electrons. The molecular formula is C19H15N4O4+. The molecule has 0 aliphatic heterocycles. The van der Waals surface area contributed by atoms with Crippen molar-refractivity contribution in [1.29, 1.82) is 0 Å². The topological polar surface area (TPSA) is 115 Å². The molecule has 134 valence electrons. The fourth-order valence-electron chi connectivity index (χ4n) is 2.40. The van der Waals surface area contributed by atoms with Gasteiger partial charge in [0.05, 0.1) is 16.2 Å². The molecule has 0 bridgehead atoms. The van der Waals surface area contributed by atoms with Gasteiger partial charge >= 0.3 is 0 Å². The van der Waals surface area contributed by atoms with Crippen LogP contribution in [-0.4, -0.2) is 16.7 Å². The average molecular weight is 363 g/mol. The van der Waals surface area contributed by atoms with Crippen molar-refractivity contribution in [3.05, 3.63) is 94.3 Å². The predicted octanol–water partition coefficient (Wildman–Crippen LogP) is 2.91. The molecular weight excluding hydrogens is 348 g/mol. The Kier molecular flexibility index (Phi) is 5.17. The number of non-ortho nitro benzene ring substituents is 1. The number of nitrogens with zero attached hydrogens (tertiary/aromatic N) is 1. The number of aromatic amines is 1. The molecule has 2 aromatic carbocycles. The number of nitrogens with one attached hydrogen (secondary N) is 3. The number of aromatic nitrogens is 1. The van der Waals surface area contributed by atoms with Crippen LogP contribution in [-0.2, 0) is 0 Å². The second-order valence-electron chi connectivity index (χ2n) is 5.55. The molecule has 0 aliphatic carbocycles. The minimum absolute atomic E-state index is 0.0514. The van der Waals surface area contributed by atoms with Crippen molar-refractivity contribution in [3.63, 3.8) is 0 Å². The van der Waals surface area contributed by atoms with E-state index in [2.05, 4.69) is 15.6 Å². The number of pyridine rings is 1. The zero-order chi connectivity index (χ0) is 19.2. The van der Waals surface area contributed by atoms with Crippen LogP contribution in [0.2, 0.25) is 0 Å². The average Bonchev–Trinajstić information content (AvgIpc) is 2.69. The highest BCUT2D eigenvalue weighted by Crippen LogP contribution is 2.24. The summed E-state index contributed by atoms with van der Waals surface area (Å²) in [6.07, 6.45) is 3.28. The molecule has 0 aliphatic rings. The summed E-state index contributed by atoms with van der Waals surface area (Å²) in [6.45, 7) is 0. The van der Waals surface area contributed by atoms with Gasteiger partial charge in [0.25, 0.3) is 17.5 Å². The molecule has 3 N–H and O–H groups in total. The molecule has 0 fully saturated rings. The maximum Gasteiger partial charge on any atom is 0.271 e. The third-order valence-electron chi connectivity index (χ3n) is 3.71. The summed E-state index contributed by atoms with van der Waals surface area (Å²) in [6, 6.07) is 15.4. The molecule has 27 heavy (non-hydrogen) atoms. The Morgan fingerprint density at radius 1 is 0.926 bits per heavy atom. The Hall–Kier alpha value is -4.07. The van der Waals surface area contributed by atoms with Crippen LogP contribution in [0, 0.1) is 10.1 Å². The van der Waals surface area contributed by atoms with E-state index in [-0.39, 0.29) is 16.9 Å². The number of benzene rings is 2. The number of hydrogen-bond acceptors (Lipinski definition) is 4. The molecule has 3 rings (SSSR count). The van der Waals surface area contributed by atoms with Crippen molar-refractivity contribution in [2.45, 2.75) is 0 Å². The molecule has 2 amide bonds. The highest BCUT2D eigenvalue weighted by molar-refractivity contribution is 6.12. The Bertz CT molecular complexity index is 991. The van der Waals surface area contributed by atoms with Crippen LogP contribution in [0.15, 0.2) is 73.1 Å². The molecule has 1 heterocycles. The summed E-state index contributed by atoms with van der Waals surface area (Å²) in [5, 5.41) is 16.3. The number of H-pyrrole nitrogens is 1. The number of amides is 2. The summed E-state index contributed by atoms with van der Waals surface area (Å²) in [5.74, 6) is -0.981. The second-order valence-corrected chi connectivity index (χ2v) is 5.55. The quantitative estimate of drug-likeness (QED) is 0.535. The van der Waals surface area contributed by atoms with E-state index in [9.17, 15) is 19.7 Å². The summed E-state index contributed by atoms with van der Waals surface area (Å²) in [5.41, 5.74) is 0.807. The number of carbonyl (C=O) groups is 2. The number of rotatable bonds is 5. The predicted molar refractivity (Wildman–Crippen MR) is 98.4 cm³/mol. The van der Waals surface area contributed by atoms with Crippen LogP contribution < -0.4 is 15.6 Å². The zero-order valence-electron chi connectivity index (χ0n) is 14.0. The van der Waals surface area contributed by atoms with Crippen LogP contribution in [0.5, 0.6) is 0 Å². The lowest BCUT2D eigenvalue weighted by atomic mass is 10.1. The van der Waals surface area contributed by atoms with E-state index in [0.717, 1.165) is 6.07 Å². The maximum atomic E-state index is 12.6. The molecule has 0 spiro atoms. The number of nitro benzene ring substituents is 1. The van der Waals surface area contributed by atoms with Gasteiger partial charge in [0.1, 0.15) is 5.69 Å². The Labute approximate surface area is 154 Å². The first-order valence-electron chi connectivity index (χ1n) is 7.97. The van der Waals surface area contributed by atoms with E-state index in [1.54, 1.807) is 54.9 Å². The number of carbonyl (C=O) groups excluding carboxylic acids is 2. The molecule has 8 nitrogen and oxygen atoms in total. The van der Waals surface area contributed by atoms with Gasteiger partial charge < -0.3 is 10.6 Å². The lowest BCUT2D eigenvalue weighted by Crippen LogP contribution is -2.19. The number of nitro groups is 1. The number of hydrogen-bond donors (Lipinski definition) is 2. The molecule has 3 aromatic rings. The van der Waals surface area contributed by atoms with E-state index in [1.165, 1.54) is 12.1 Å². The van der Waals surface area contributed by atoms with Crippen molar-refractivity contribution in [2.24, 2.45) is 0 Å². The van der Waals surface area contributed by atoms with E-state index in [0.29, 0.717) is 11.3 Å². The molecule has 8 heteroatoms. The zero-order valence-corrected chi connectivity index (χ0v) is 14.0. The van der Waals surface area contributed by atoms with Crippen LogP contribution >= 0.6 is 0 Å². The Balaban J connectivity index is 1.92. The third kappa shape index (κ3) is 4.31. The minimum Gasteiger partial charge on any atom is -0.321 e. The van der Waals surface area contributed by atoms with Gasteiger partial charge in [-0.05, 0) is 24.3 Å². The van der Waals surface area contributed by atoms with Gasteiger partial charge in [-0.3, -0.25) is 19.7 Å². The van der Waals surface area contributed by atoms with Crippen LogP contribution in [0.25, 0.3) is 0 Å². The van der Waals surface area contributed by atoms with Crippen molar-refractivity contribution in [3.8, 4) is 0 Å². The number of anilines is 2.